The van der Waals surface area contributed by atoms with Crippen molar-refractivity contribution in [2.45, 2.75) is 13.0 Å². The molecule has 0 aliphatic heterocycles. The molecule has 0 saturated carbocycles. The van der Waals surface area contributed by atoms with Crippen molar-refractivity contribution in [3.63, 3.8) is 0 Å². The quantitative estimate of drug-likeness (QED) is 0.501. The molecule has 0 bridgehead atoms. The number of nitrogen functional groups attached to an aromatic ring is 1. The third-order valence-corrected chi connectivity index (χ3v) is 4.05. The summed E-state index contributed by atoms with van der Waals surface area (Å²) in [7, 11) is 0. The second-order valence-electron chi connectivity index (χ2n) is 5.68. The van der Waals surface area contributed by atoms with Crippen LogP contribution in [0.15, 0.2) is 48.9 Å². The van der Waals surface area contributed by atoms with Crippen molar-refractivity contribution in [2.75, 3.05) is 11.1 Å². The van der Waals surface area contributed by atoms with Gasteiger partial charge >= 0.3 is 0 Å². The average molecular weight is 379 g/mol. The molecule has 0 saturated heterocycles. The zero-order valence-electron chi connectivity index (χ0n) is 14.2. The Labute approximate surface area is 161 Å². The molecule has 0 amide bonds. The van der Waals surface area contributed by atoms with Gasteiger partial charge in [-0.3, -0.25) is 14.8 Å². The Morgan fingerprint density at radius 3 is 2.81 bits per heavy atom. The molecule has 0 aliphatic rings. The maximum Gasteiger partial charge on any atom is 0.206 e. The van der Waals surface area contributed by atoms with E-state index in [-0.39, 0.29) is 22.9 Å². The van der Waals surface area contributed by atoms with E-state index in [1.807, 2.05) is 12.1 Å². The highest BCUT2D eigenvalue weighted by Gasteiger charge is 2.14. The highest BCUT2D eigenvalue weighted by molar-refractivity contribution is 6.33. The first-order valence-corrected chi connectivity index (χ1v) is 8.39. The number of anilines is 2. The molecule has 134 valence electrons. The number of hydrogen-bond acceptors (Lipinski definition) is 6. The average Bonchev–Trinajstić information content (AvgIpc) is 2.67. The van der Waals surface area contributed by atoms with Crippen LogP contribution in [0.1, 0.15) is 21.7 Å². The number of carbonyl (C=O) groups is 1. The molecule has 3 N–H and O–H groups in total. The number of nitrogens with zero attached hydrogens (tertiary/aromatic N) is 4. The van der Waals surface area contributed by atoms with Crippen LogP contribution in [0, 0.1) is 6.57 Å². The van der Waals surface area contributed by atoms with E-state index in [2.05, 4.69) is 25.1 Å². The Hall–Kier alpha value is -3.50. The van der Waals surface area contributed by atoms with Gasteiger partial charge in [-0.05, 0) is 35.9 Å². The Morgan fingerprint density at radius 2 is 2.07 bits per heavy atom. The lowest BCUT2D eigenvalue weighted by atomic mass is 10.1. The number of pyridine rings is 3. The molecular formula is C19H15ClN6O. The molecule has 0 spiro atoms. The summed E-state index contributed by atoms with van der Waals surface area (Å²) in [6.07, 6.45) is 4.74. The zero-order chi connectivity index (χ0) is 19.2. The summed E-state index contributed by atoms with van der Waals surface area (Å²) in [6.45, 7) is 7.39. The van der Waals surface area contributed by atoms with Crippen LogP contribution in [0.2, 0.25) is 5.02 Å². The predicted octanol–water partition coefficient (Wildman–Crippen LogP) is 3.70. The molecular weight excluding hydrogens is 364 g/mol. The summed E-state index contributed by atoms with van der Waals surface area (Å²) < 4.78 is 0. The van der Waals surface area contributed by atoms with Crippen LogP contribution in [0.3, 0.4) is 0 Å². The van der Waals surface area contributed by atoms with Gasteiger partial charge in [-0.15, -0.1) is 0 Å². The van der Waals surface area contributed by atoms with Gasteiger partial charge in [0.1, 0.15) is 11.5 Å². The van der Waals surface area contributed by atoms with E-state index in [1.54, 1.807) is 24.5 Å². The van der Waals surface area contributed by atoms with E-state index in [4.69, 9.17) is 23.9 Å². The van der Waals surface area contributed by atoms with Gasteiger partial charge in [-0.2, -0.15) is 0 Å². The second-order valence-corrected chi connectivity index (χ2v) is 6.09. The maximum absolute atomic E-state index is 12.5. The fourth-order valence-electron chi connectivity index (χ4n) is 2.45. The molecule has 0 atom stereocenters. The first-order valence-electron chi connectivity index (χ1n) is 8.01. The molecule has 0 aliphatic carbocycles. The lowest BCUT2D eigenvalue weighted by Crippen LogP contribution is -2.09. The maximum atomic E-state index is 12.5. The number of rotatable bonds is 6. The number of ketones is 1. The summed E-state index contributed by atoms with van der Waals surface area (Å²) in [4.78, 5) is 28.0. The Kier molecular flexibility index (Phi) is 5.59. The highest BCUT2D eigenvalue weighted by Crippen LogP contribution is 2.22. The number of aromatic nitrogens is 3. The van der Waals surface area contributed by atoms with Crippen LogP contribution in [0.5, 0.6) is 0 Å². The van der Waals surface area contributed by atoms with Crippen LogP contribution in [0.4, 0.5) is 17.2 Å². The predicted molar refractivity (Wildman–Crippen MR) is 104 cm³/mol. The van der Waals surface area contributed by atoms with Crippen molar-refractivity contribution in [2.24, 2.45) is 0 Å². The van der Waals surface area contributed by atoms with Crippen molar-refractivity contribution < 1.29 is 4.79 Å². The van der Waals surface area contributed by atoms with E-state index in [0.717, 1.165) is 16.9 Å². The summed E-state index contributed by atoms with van der Waals surface area (Å²) in [5, 5.41) is 3.34. The van der Waals surface area contributed by atoms with Crippen LogP contribution in [-0.2, 0) is 13.0 Å². The van der Waals surface area contributed by atoms with Gasteiger partial charge in [0.2, 0.25) is 5.69 Å². The summed E-state index contributed by atoms with van der Waals surface area (Å²) in [5.74, 6) is 0.186. The van der Waals surface area contributed by atoms with E-state index >= 15 is 0 Å². The number of hydrogen-bond donors (Lipinski definition) is 2. The van der Waals surface area contributed by atoms with Gasteiger partial charge in [-0.25, -0.2) is 9.83 Å². The molecule has 0 unspecified atom stereocenters. The lowest BCUT2D eigenvalue weighted by Gasteiger charge is -2.09. The van der Waals surface area contributed by atoms with E-state index < -0.39 is 0 Å². The number of nitrogens with one attached hydrogen (secondary N) is 1. The third kappa shape index (κ3) is 4.57. The molecule has 0 fully saturated rings. The minimum atomic E-state index is -0.224. The molecule has 3 rings (SSSR count). The molecule has 3 aromatic heterocycles. The number of nitrogens with two attached hydrogens (primary N) is 1. The lowest BCUT2D eigenvalue weighted by molar-refractivity contribution is 0.0988. The van der Waals surface area contributed by atoms with Gasteiger partial charge in [0.15, 0.2) is 5.78 Å². The number of halogens is 1. The summed E-state index contributed by atoms with van der Waals surface area (Å²) in [5.41, 5.74) is 8.52. The van der Waals surface area contributed by atoms with E-state index in [9.17, 15) is 4.79 Å². The fraction of sp³-hybridized carbons (Fsp3) is 0.105. The number of Topliss-reactive ketones (excluding diaryl/α,β-unsaturated/α-hetero) is 1. The van der Waals surface area contributed by atoms with Crippen LogP contribution in [0.25, 0.3) is 4.85 Å². The van der Waals surface area contributed by atoms with Crippen molar-refractivity contribution in [1.82, 2.24) is 15.0 Å². The van der Waals surface area contributed by atoms with E-state index in [0.29, 0.717) is 18.1 Å². The summed E-state index contributed by atoms with van der Waals surface area (Å²) >= 11 is 6.07. The van der Waals surface area contributed by atoms with Crippen molar-refractivity contribution >= 4 is 34.6 Å². The second kappa shape index (κ2) is 8.25. The first-order chi connectivity index (χ1) is 13.1. The molecule has 0 radical (unpaired) electrons. The van der Waals surface area contributed by atoms with Crippen molar-refractivity contribution in [3.8, 4) is 0 Å². The van der Waals surface area contributed by atoms with Gasteiger partial charge in [0.05, 0.1) is 29.5 Å². The standard InChI is InChI=1S/C19H15ClN6O/c1-22-13-9-15(20)18(26-10-13)17(27)8-12-4-6-23-14(7-12)11-25-16-3-2-5-24-19(16)21/h2-7,9-10,25H,8,11H2,(H2,21,24). The molecule has 0 aromatic carbocycles. The SMILES string of the molecule is [C-]#[N+]c1cnc(C(=O)Cc2ccnc(CNc3cccnc3N)c2)c(Cl)c1. The van der Waals surface area contributed by atoms with Crippen LogP contribution in [-0.4, -0.2) is 20.7 Å². The molecule has 27 heavy (non-hydrogen) atoms. The Balaban J connectivity index is 1.69. The zero-order valence-corrected chi connectivity index (χ0v) is 14.9. The Morgan fingerprint density at radius 1 is 1.22 bits per heavy atom. The number of carbonyl (C=O) groups excluding carboxylic acids is 1. The van der Waals surface area contributed by atoms with Gasteiger partial charge in [-0.1, -0.05) is 11.6 Å². The van der Waals surface area contributed by atoms with Gasteiger partial charge in [0, 0.05) is 25.0 Å². The minimum Gasteiger partial charge on any atom is -0.382 e. The summed E-state index contributed by atoms with van der Waals surface area (Å²) in [6, 6.07) is 8.66. The van der Waals surface area contributed by atoms with Crippen molar-refractivity contribution in [1.29, 1.82) is 0 Å². The molecule has 7 nitrogen and oxygen atoms in total. The van der Waals surface area contributed by atoms with Crippen LogP contribution < -0.4 is 11.1 Å². The van der Waals surface area contributed by atoms with Crippen molar-refractivity contribution in [3.05, 3.63) is 82.3 Å². The third-order valence-electron chi connectivity index (χ3n) is 3.76. The largest absolute Gasteiger partial charge is 0.382 e. The minimum absolute atomic E-state index is 0.134. The van der Waals surface area contributed by atoms with Crippen LogP contribution >= 0.6 is 11.6 Å². The smallest absolute Gasteiger partial charge is 0.206 e. The molecule has 3 heterocycles. The first kappa shape index (κ1) is 18.3. The fourth-order valence-corrected chi connectivity index (χ4v) is 2.72. The van der Waals surface area contributed by atoms with Gasteiger partial charge in [0.25, 0.3) is 0 Å². The normalized spacial score (nSPS) is 10.2. The molecule has 8 heteroatoms. The monoisotopic (exact) mass is 378 g/mol. The molecule has 3 aromatic rings. The highest BCUT2D eigenvalue weighted by atomic mass is 35.5. The van der Waals surface area contributed by atoms with E-state index in [1.165, 1.54) is 12.3 Å². The Bertz CT molecular complexity index is 1030. The topological polar surface area (TPSA) is 98.1 Å². The van der Waals surface area contributed by atoms with Gasteiger partial charge < -0.3 is 11.1 Å².